The minimum atomic E-state index is -2.32. The number of aromatic nitrogens is 4. The molecule has 0 amide bonds. The van der Waals surface area contributed by atoms with Crippen LogP contribution in [0.3, 0.4) is 0 Å². The maximum atomic E-state index is 14.5. The highest BCUT2D eigenvalue weighted by Gasteiger charge is 2.20. The van der Waals surface area contributed by atoms with E-state index in [0.29, 0.717) is 48.5 Å². The standard InChI is InChI=1S/C24H23F3N6O/c1-15-3-2-4-18(25)24(15)33-21(34)13-19-23(30-33)22(29-28-19)16-5-7-17(8-6-16)32-11-9-31(10-12-32)14-20(26)27/h2-8,13,20,28H,9-12,14H2,1H3. The highest BCUT2D eigenvalue weighted by atomic mass is 19.3. The number of alkyl halides is 2. The fourth-order valence-corrected chi connectivity index (χ4v) is 4.35. The number of rotatable bonds is 5. The molecule has 4 aromatic rings. The third kappa shape index (κ3) is 4.16. The van der Waals surface area contributed by atoms with Crippen LogP contribution in [0.5, 0.6) is 0 Å². The van der Waals surface area contributed by atoms with E-state index < -0.39 is 17.8 Å². The van der Waals surface area contributed by atoms with Crippen molar-refractivity contribution in [1.29, 1.82) is 0 Å². The van der Waals surface area contributed by atoms with Gasteiger partial charge in [-0.1, -0.05) is 24.3 Å². The molecule has 2 aromatic carbocycles. The second-order valence-electron chi connectivity index (χ2n) is 8.36. The molecule has 3 heterocycles. The van der Waals surface area contributed by atoms with Crippen LogP contribution in [0, 0.1) is 12.7 Å². The van der Waals surface area contributed by atoms with E-state index in [9.17, 15) is 18.0 Å². The van der Waals surface area contributed by atoms with Gasteiger partial charge in [0.2, 0.25) is 0 Å². The lowest BCUT2D eigenvalue weighted by Gasteiger charge is -2.35. The molecule has 0 bridgehead atoms. The van der Waals surface area contributed by atoms with Crippen molar-refractivity contribution in [2.24, 2.45) is 0 Å². The number of aromatic amines is 1. The van der Waals surface area contributed by atoms with E-state index in [0.717, 1.165) is 15.9 Å². The van der Waals surface area contributed by atoms with Crippen molar-refractivity contribution in [1.82, 2.24) is 24.9 Å². The van der Waals surface area contributed by atoms with Crippen molar-refractivity contribution in [2.75, 3.05) is 37.6 Å². The van der Waals surface area contributed by atoms with Crippen molar-refractivity contribution >= 4 is 16.7 Å². The normalized spacial score (nSPS) is 14.9. The molecule has 0 unspecified atom stereocenters. The molecule has 0 radical (unpaired) electrons. The van der Waals surface area contributed by atoms with E-state index in [1.54, 1.807) is 24.0 Å². The fourth-order valence-electron chi connectivity index (χ4n) is 4.35. The summed E-state index contributed by atoms with van der Waals surface area (Å²) in [5, 5.41) is 11.6. The molecule has 0 atom stereocenters. The number of piperazine rings is 1. The molecule has 176 valence electrons. The van der Waals surface area contributed by atoms with Crippen molar-refractivity contribution in [3.8, 4) is 16.9 Å². The van der Waals surface area contributed by atoms with Crippen LogP contribution >= 0.6 is 0 Å². The monoisotopic (exact) mass is 468 g/mol. The molecule has 1 aliphatic rings. The maximum absolute atomic E-state index is 14.5. The average molecular weight is 468 g/mol. The molecule has 10 heteroatoms. The minimum absolute atomic E-state index is 0.114. The Bertz CT molecular complexity index is 1350. The Morgan fingerprint density at radius 3 is 2.47 bits per heavy atom. The van der Waals surface area contributed by atoms with Gasteiger partial charge in [0, 0.05) is 43.5 Å². The quantitative estimate of drug-likeness (QED) is 0.485. The fraction of sp³-hybridized carbons (Fsp3) is 0.292. The summed E-state index contributed by atoms with van der Waals surface area (Å²) in [6.07, 6.45) is -2.32. The molecule has 1 fully saturated rings. The molecule has 7 nitrogen and oxygen atoms in total. The Hall–Kier alpha value is -3.66. The van der Waals surface area contributed by atoms with Gasteiger partial charge in [0.1, 0.15) is 22.7 Å². The number of nitrogens with zero attached hydrogens (tertiary/aromatic N) is 5. The highest BCUT2D eigenvalue weighted by Crippen LogP contribution is 2.27. The van der Waals surface area contributed by atoms with Gasteiger partial charge < -0.3 is 4.90 Å². The Morgan fingerprint density at radius 1 is 1.06 bits per heavy atom. The number of para-hydroxylation sites is 1. The van der Waals surface area contributed by atoms with Gasteiger partial charge >= 0.3 is 0 Å². The largest absolute Gasteiger partial charge is 0.369 e. The Balaban J connectivity index is 1.43. The summed E-state index contributed by atoms with van der Waals surface area (Å²) in [4.78, 5) is 16.6. The Labute approximate surface area is 193 Å². The van der Waals surface area contributed by atoms with Crippen LogP contribution in [0.25, 0.3) is 28.0 Å². The van der Waals surface area contributed by atoms with Gasteiger partial charge in [0.15, 0.2) is 0 Å². The molecular weight excluding hydrogens is 445 g/mol. The first kappa shape index (κ1) is 22.1. The van der Waals surface area contributed by atoms with E-state index in [-0.39, 0.29) is 12.2 Å². The zero-order valence-corrected chi connectivity index (χ0v) is 18.5. The SMILES string of the molecule is Cc1cccc(F)c1-n1nc2c(-c3ccc(N4CCN(CC(F)F)CC4)cc3)n[nH]c2cc1=O. The summed E-state index contributed by atoms with van der Waals surface area (Å²) in [7, 11) is 0. The van der Waals surface area contributed by atoms with Gasteiger partial charge in [-0.2, -0.15) is 14.9 Å². The van der Waals surface area contributed by atoms with Crippen molar-refractivity contribution in [2.45, 2.75) is 13.3 Å². The molecule has 0 saturated carbocycles. The molecule has 1 saturated heterocycles. The predicted molar refractivity (Wildman–Crippen MR) is 124 cm³/mol. The molecule has 34 heavy (non-hydrogen) atoms. The van der Waals surface area contributed by atoms with Gasteiger partial charge in [-0.15, -0.1) is 0 Å². The summed E-state index contributed by atoms with van der Waals surface area (Å²) in [6, 6.07) is 13.7. The molecule has 1 aliphatic heterocycles. The van der Waals surface area contributed by atoms with E-state index >= 15 is 0 Å². The zero-order valence-electron chi connectivity index (χ0n) is 18.5. The lowest BCUT2D eigenvalue weighted by atomic mass is 10.1. The van der Waals surface area contributed by atoms with E-state index in [1.165, 1.54) is 12.1 Å². The number of nitrogens with one attached hydrogen (secondary N) is 1. The van der Waals surface area contributed by atoms with Gasteiger partial charge in [-0.25, -0.2) is 13.2 Å². The van der Waals surface area contributed by atoms with E-state index in [1.807, 2.05) is 24.3 Å². The molecule has 2 aromatic heterocycles. The van der Waals surface area contributed by atoms with Crippen molar-refractivity contribution in [3.63, 3.8) is 0 Å². The van der Waals surface area contributed by atoms with Gasteiger partial charge in [-0.3, -0.25) is 14.8 Å². The van der Waals surface area contributed by atoms with Crippen molar-refractivity contribution < 1.29 is 13.2 Å². The number of aryl methyl sites for hydroxylation is 1. The number of halogens is 3. The predicted octanol–water partition coefficient (Wildman–Crippen LogP) is 3.61. The number of hydrogen-bond donors (Lipinski definition) is 1. The smallest absolute Gasteiger partial charge is 0.273 e. The van der Waals surface area contributed by atoms with Crippen LogP contribution in [-0.2, 0) is 0 Å². The lowest BCUT2D eigenvalue weighted by Crippen LogP contribution is -2.47. The van der Waals surface area contributed by atoms with E-state index in [4.69, 9.17) is 0 Å². The first-order valence-electron chi connectivity index (χ1n) is 11.0. The molecular formula is C24H23F3N6O. The summed E-state index contributed by atoms with van der Waals surface area (Å²) >= 11 is 0. The Kier molecular flexibility index (Phi) is 5.82. The lowest BCUT2D eigenvalue weighted by molar-refractivity contribution is 0.0854. The minimum Gasteiger partial charge on any atom is -0.369 e. The van der Waals surface area contributed by atoms with Crippen LogP contribution < -0.4 is 10.5 Å². The molecule has 5 rings (SSSR count). The average Bonchev–Trinajstić information content (AvgIpc) is 3.22. The molecule has 0 spiro atoms. The number of benzene rings is 2. The maximum Gasteiger partial charge on any atom is 0.273 e. The second-order valence-corrected chi connectivity index (χ2v) is 8.36. The Morgan fingerprint density at radius 2 is 1.79 bits per heavy atom. The highest BCUT2D eigenvalue weighted by molar-refractivity contribution is 5.89. The molecule has 1 N–H and O–H groups in total. The summed E-state index contributed by atoms with van der Waals surface area (Å²) in [6.45, 7) is 4.06. The van der Waals surface area contributed by atoms with Crippen LogP contribution in [0.1, 0.15) is 5.56 Å². The third-order valence-corrected chi connectivity index (χ3v) is 6.12. The number of H-pyrrole nitrogens is 1. The van der Waals surface area contributed by atoms with Crippen LogP contribution in [-0.4, -0.2) is 64.0 Å². The zero-order chi connectivity index (χ0) is 23.8. The van der Waals surface area contributed by atoms with Gasteiger partial charge in [0.05, 0.1) is 12.1 Å². The summed E-state index contributed by atoms with van der Waals surface area (Å²) in [5.41, 5.74) is 3.49. The van der Waals surface area contributed by atoms with Crippen LogP contribution in [0.15, 0.2) is 53.3 Å². The van der Waals surface area contributed by atoms with Crippen LogP contribution in [0.4, 0.5) is 18.9 Å². The number of anilines is 1. The van der Waals surface area contributed by atoms with Crippen molar-refractivity contribution in [3.05, 3.63) is 70.3 Å². The summed E-state index contributed by atoms with van der Waals surface area (Å²) < 4.78 is 40.8. The number of hydrogen-bond acceptors (Lipinski definition) is 5. The van der Waals surface area contributed by atoms with Crippen LogP contribution in [0.2, 0.25) is 0 Å². The summed E-state index contributed by atoms with van der Waals surface area (Å²) in [5.74, 6) is -0.531. The first-order valence-corrected chi connectivity index (χ1v) is 11.0. The first-order chi connectivity index (χ1) is 16.4. The topological polar surface area (TPSA) is 70.1 Å². The van der Waals surface area contributed by atoms with Gasteiger partial charge in [0.25, 0.3) is 12.0 Å². The molecule has 0 aliphatic carbocycles. The second kappa shape index (κ2) is 8.94. The van der Waals surface area contributed by atoms with E-state index in [2.05, 4.69) is 20.2 Å². The van der Waals surface area contributed by atoms with Gasteiger partial charge in [-0.05, 0) is 30.7 Å². The third-order valence-electron chi connectivity index (χ3n) is 6.12. The number of fused-ring (bicyclic) bond motifs is 1.